The van der Waals surface area contributed by atoms with Gasteiger partial charge in [0.2, 0.25) is 0 Å². The van der Waals surface area contributed by atoms with Gasteiger partial charge in [-0.3, -0.25) is 4.79 Å². The summed E-state index contributed by atoms with van der Waals surface area (Å²) in [4.78, 5) is 11.9. The van der Waals surface area contributed by atoms with Crippen LogP contribution in [-0.4, -0.2) is 31.0 Å². The van der Waals surface area contributed by atoms with Crippen LogP contribution in [0.2, 0.25) is 0 Å². The quantitative estimate of drug-likeness (QED) is 0.737. The van der Waals surface area contributed by atoms with Crippen molar-refractivity contribution in [2.24, 2.45) is 29.1 Å². The molecule has 168 valence electrons. The summed E-state index contributed by atoms with van der Waals surface area (Å²) in [6, 6.07) is 6.85. The molecule has 0 amide bonds. The monoisotopic (exact) mass is 433 g/mol. The minimum atomic E-state index is -0.976. The zero-order valence-electron chi connectivity index (χ0n) is 18.6. The van der Waals surface area contributed by atoms with Gasteiger partial charge in [0.05, 0.1) is 11.9 Å². The second kappa shape index (κ2) is 7.01. The lowest BCUT2D eigenvalue weighted by molar-refractivity contribution is -0.126. The molecule has 6 heteroatoms. The summed E-state index contributed by atoms with van der Waals surface area (Å²) in [6.07, 6.45) is 11.5. The third-order valence-corrected chi connectivity index (χ3v) is 9.48. The number of fused-ring (bicyclic) bond motifs is 5. The molecule has 6 atom stereocenters. The lowest BCUT2D eigenvalue weighted by atomic mass is 9.50. The molecule has 3 saturated carbocycles. The first-order valence-electron chi connectivity index (χ1n) is 12.1. The van der Waals surface area contributed by atoms with Crippen LogP contribution in [0.4, 0.5) is 0 Å². The Morgan fingerprint density at radius 3 is 2.66 bits per heavy atom. The van der Waals surface area contributed by atoms with Crippen LogP contribution in [-0.2, 0) is 10.4 Å². The SMILES string of the molecule is C[C@]12CCC3C4CCC(=O)C=C4CCC3C1CC[C@@]2(O)c1cn(-c2ccc(O)cc2)nn1. The Kier molecular flexibility index (Phi) is 4.42. The van der Waals surface area contributed by atoms with Gasteiger partial charge in [-0.25, -0.2) is 4.68 Å². The minimum absolute atomic E-state index is 0.212. The highest BCUT2D eigenvalue weighted by atomic mass is 16.3. The van der Waals surface area contributed by atoms with Crippen molar-refractivity contribution in [2.75, 3.05) is 0 Å². The van der Waals surface area contributed by atoms with Crippen molar-refractivity contribution in [1.82, 2.24) is 15.0 Å². The molecule has 2 aromatic rings. The number of benzene rings is 1. The standard InChI is InChI=1S/C26H31N3O3/c1-25-12-10-21-20-9-7-19(31)14-16(20)2-8-22(21)23(25)11-13-26(25,32)24-15-29(28-27-24)17-3-5-18(30)6-4-17/h3-6,14-15,20-23,30,32H,2,7-13H2,1H3/t20?,21?,22?,23?,25-,26+/m0/s1. The molecule has 4 unspecified atom stereocenters. The molecular weight excluding hydrogens is 402 g/mol. The number of hydrogen-bond acceptors (Lipinski definition) is 5. The summed E-state index contributed by atoms with van der Waals surface area (Å²) in [5, 5.41) is 30.4. The number of carbonyl (C=O) groups excluding carboxylic acids is 1. The second-order valence-electron chi connectivity index (χ2n) is 10.7. The van der Waals surface area contributed by atoms with Gasteiger partial charge in [0.25, 0.3) is 0 Å². The molecule has 3 fully saturated rings. The van der Waals surface area contributed by atoms with E-state index in [9.17, 15) is 15.0 Å². The largest absolute Gasteiger partial charge is 0.508 e. The number of nitrogens with zero attached hydrogens (tertiary/aromatic N) is 3. The number of aliphatic hydroxyl groups is 1. The Labute approximate surface area is 188 Å². The zero-order chi connectivity index (χ0) is 22.1. The molecule has 0 bridgehead atoms. The number of ketones is 1. The second-order valence-corrected chi connectivity index (χ2v) is 10.7. The van der Waals surface area contributed by atoms with Crippen molar-refractivity contribution in [3.63, 3.8) is 0 Å². The molecule has 1 heterocycles. The van der Waals surface area contributed by atoms with Crippen molar-refractivity contribution >= 4 is 5.78 Å². The highest BCUT2D eigenvalue weighted by molar-refractivity contribution is 5.91. The normalized spacial score (nSPS) is 38.6. The van der Waals surface area contributed by atoms with Gasteiger partial charge in [0.1, 0.15) is 17.0 Å². The predicted octanol–water partition coefficient (Wildman–Crippen LogP) is 4.30. The summed E-state index contributed by atoms with van der Waals surface area (Å²) in [6.45, 7) is 2.27. The topological polar surface area (TPSA) is 88.2 Å². The van der Waals surface area contributed by atoms with E-state index in [1.807, 2.05) is 12.3 Å². The molecule has 4 aliphatic carbocycles. The van der Waals surface area contributed by atoms with Crippen LogP contribution in [0.25, 0.3) is 5.69 Å². The van der Waals surface area contributed by atoms with E-state index in [1.54, 1.807) is 28.9 Å². The average molecular weight is 434 g/mol. The van der Waals surface area contributed by atoms with Gasteiger partial charge in [-0.2, -0.15) is 0 Å². The lowest BCUT2D eigenvalue weighted by Gasteiger charge is -2.55. The van der Waals surface area contributed by atoms with Crippen LogP contribution in [0.15, 0.2) is 42.1 Å². The highest BCUT2D eigenvalue weighted by Gasteiger charge is 2.63. The van der Waals surface area contributed by atoms with Crippen LogP contribution >= 0.6 is 0 Å². The maximum atomic E-state index is 12.1. The van der Waals surface area contributed by atoms with E-state index in [0.29, 0.717) is 41.6 Å². The molecule has 1 aromatic carbocycles. The zero-order valence-corrected chi connectivity index (χ0v) is 18.6. The fourth-order valence-corrected chi connectivity index (χ4v) is 7.80. The smallest absolute Gasteiger partial charge is 0.155 e. The molecule has 0 aliphatic heterocycles. The molecule has 4 aliphatic rings. The number of carbonyl (C=O) groups is 1. The number of aromatic hydroxyl groups is 1. The first-order chi connectivity index (χ1) is 15.4. The number of allylic oxidation sites excluding steroid dienone is 1. The Morgan fingerprint density at radius 1 is 1.03 bits per heavy atom. The van der Waals surface area contributed by atoms with Gasteiger partial charge in [-0.05, 0) is 99.0 Å². The summed E-state index contributed by atoms with van der Waals surface area (Å²) >= 11 is 0. The predicted molar refractivity (Wildman–Crippen MR) is 119 cm³/mol. The van der Waals surface area contributed by atoms with Crippen molar-refractivity contribution in [1.29, 1.82) is 0 Å². The van der Waals surface area contributed by atoms with E-state index in [4.69, 9.17) is 0 Å². The third-order valence-electron chi connectivity index (χ3n) is 9.48. The van der Waals surface area contributed by atoms with E-state index >= 15 is 0 Å². The Balaban J connectivity index is 1.30. The fourth-order valence-electron chi connectivity index (χ4n) is 7.80. The van der Waals surface area contributed by atoms with Gasteiger partial charge in [-0.15, -0.1) is 5.10 Å². The minimum Gasteiger partial charge on any atom is -0.508 e. The lowest BCUT2D eigenvalue weighted by Crippen LogP contribution is -2.51. The fraction of sp³-hybridized carbons (Fsp3) is 0.577. The van der Waals surface area contributed by atoms with Crippen LogP contribution in [0, 0.1) is 29.1 Å². The van der Waals surface area contributed by atoms with E-state index in [-0.39, 0.29) is 11.2 Å². The molecular formula is C26H31N3O3. The first-order valence-corrected chi connectivity index (χ1v) is 12.1. The molecule has 32 heavy (non-hydrogen) atoms. The molecule has 1 aromatic heterocycles. The molecule has 0 radical (unpaired) electrons. The van der Waals surface area contributed by atoms with Crippen molar-refractivity contribution in [3.8, 4) is 11.4 Å². The molecule has 6 rings (SSSR count). The van der Waals surface area contributed by atoms with Crippen LogP contribution < -0.4 is 0 Å². The number of aromatic nitrogens is 3. The molecule has 0 spiro atoms. The Morgan fingerprint density at radius 2 is 1.84 bits per heavy atom. The van der Waals surface area contributed by atoms with Gasteiger partial charge in [-0.1, -0.05) is 17.7 Å². The van der Waals surface area contributed by atoms with Gasteiger partial charge < -0.3 is 10.2 Å². The maximum absolute atomic E-state index is 12.1. The van der Waals surface area contributed by atoms with E-state index < -0.39 is 5.60 Å². The summed E-state index contributed by atoms with van der Waals surface area (Å²) in [5.74, 6) is 2.83. The Bertz CT molecular complexity index is 1090. The van der Waals surface area contributed by atoms with Gasteiger partial charge in [0, 0.05) is 11.8 Å². The molecule has 0 saturated heterocycles. The summed E-state index contributed by atoms with van der Waals surface area (Å²) in [5.41, 5.74) is 1.68. The Hall–Kier alpha value is -2.47. The highest BCUT2D eigenvalue weighted by Crippen LogP contribution is 2.67. The van der Waals surface area contributed by atoms with Crippen LogP contribution in [0.1, 0.15) is 64.0 Å². The van der Waals surface area contributed by atoms with E-state index in [0.717, 1.165) is 50.6 Å². The number of rotatable bonds is 2. The van der Waals surface area contributed by atoms with Crippen molar-refractivity contribution < 1.29 is 15.0 Å². The van der Waals surface area contributed by atoms with Gasteiger partial charge >= 0.3 is 0 Å². The maximum Gasteiger partial charge on any atom is 0.155 e. The summed E-state index contributed by atoms with van der Waals surface area (Å²) in [7, 11) is 0. The average Bonchev–Trinajstić information content (AvgIpc) is 3.38. The van der Waals surface area contributed by atoms with Gasteiger partial charge in [0.15, 0.2) is 5.78 Å². The van der Waals surface area contributed by atoms with Crippen LogP contribution in [0.5, 0.6) is 5.75 Å². The molecule has 2 N–H and O–H groups in total. The first kappa shape index (κ1) is 20.2. The number of phenols is 1. The summed E-state index contributed by atoms with van der Waals surface area (Å²) < 4.78 is 1.69. The number of phenolic OH excluding ortho intramolecular Hbond substituents is 1. The third kappa shape index (κ3) is 2.78. The number of hydrogen-bond donors (Lipinski definition) is 2. The van der Waals surface area contributed by atoms with E-state index in [1.165, 1.54) is 5.57 Å². The van der Waals surface area contributed by atoms with E-state index in [2.05, 4.69) is 17.2 Å². The molecule has 6 nitrogen and oxygen atoms in total. The van der Waals surface area contributed by atoms with Crippen LogP contribution in [0.3, 0.4) is 0 Å². The van der Waals surface area contributed by atoms with Crippen molar-refractivity contribution in [3.05, 3.63) is 47.8 Å². The van der Waals surface area contributed by atoms with Crippen molar-refractivity contribution in [2.45, 2.75) is 63.9 Å².